The van der Waals surface area contributed by atoms with Crippen LogP contribution in [0.2, 0.25) is 0 Å². The van der Waals surface area contributed by atoms with Crippen molar-refractivity contribution < 1.29 is 36.6 Å². The first-order valence-electron chi connectivity index (χ1n) is 14.0. The van der Waals surface area contributed by atoms with Crippen LogP contribution in [0.1, 0.15) is 32.3 Å². The zero-order valence-electron chi connectivity index (χ0n) is 24.4. The SMILES string of the molecule is CCCCNC(=O)[C@@H](C)N(Cc1cccc(OC)c1)C(=O)CN(c1ccc(F)cc1)S(=O)(=O)c1ccc2c(c1)OCCO2. The van der Waals surface area contributed by atoms with Crippen LogP contribution in [0.3, 0.4) is 0 Å². The minimum atomic E-state index is -4.37. The van der Waals surface area contributed by atoms with Crippen molar-refractivity contribution in [3.63, 3.8) is 0 Å². The minimum Gasteiger partial charge on any atom is -0.497 e. The second kappa shape index (κ2) is 14.2. The van der Waals surface area contributed by atoms with Crippen LogP contribution in [0.5, 0.6) is 17.2 Å². The number of hydrogen-bond donors (Lipinski definition) is 1. The number of rotatable bonds is 13. The molecule has 0 radical (unpaired) electrons. The maximum absolute atomic E-state index is 14.1. The molecule has 0 spiro atoms. The van der Waals surface area contributed by atoms with Crippen molar-refractivity contribution in [3.05, 3.63) is 78.1 Å². The first-order valence-corrected chi connectivity index (χ1v) is 15.5. The van der Waals surface area contributed by atoms with E-state index >= 15 is 0 Å². The van der Waals surface area contributed by atoms with E-state index in [-0.39, 0.29) is 35.4 Å². The highest BCUT2D eigenvalue weighted by atomic mass is 32.2. The van der Waals surface area contributed by atoms with Crippen molar-refractivity contribution in [3.8, 4) is 17.2 Å². The van der Waals surface area contributed by atoms with E-state index in [1.54, 1.807) is 31.2 Å². The molecule has 12 heteroatoms. The number of hydrogen-bond acceptors (Lipinski definition) is 7. The number of carbonyl (C=O) groups is 2. The smallest absolute Gasteiger partial charge is 0.264 e. The summed E-state index contributed by atoms with van der Waals surface area (Å²) >= 11 is 0. The molecule has 0 saturated heterocycles. The van der Waals surface area contributed by atoms with Gasteiger partial charge in [0.2, 0.25) is 11.8 Å². The summed E-state index contributed by atoms with van der Waals surface area (Å²) in [6.07, 6.45) is 1.65. The molecule has 230 valence electrons. The summed E-state index contributed by atoms with van der Waals surface area (Å²) in [7, 11) is -2.85. The van der Waals surface area contributed by atoms with Gasteiger partial charge in [-0.05, 0) is 67.4 Å². The lowest BCUT2D eigenvalue weighted by atomic mass is 10.1. The van der Waals surface area contributed by atoms with E-state index in [2.05, 4.69) is 5.32 Å². The number of nitrogens with zero attached hydrogens (tertiary/aromatic N) is 2. The Morgan fingerprint density at radius 1 is 1.02 bits per heavy atom. The number of sulfonamides is 1. The van der Waals surface area contributed by atoms with E-state index in [4.69, 9.17) is 14.2 Å². The molecule has 3 aromatic carbocycles. The molecule has 0 saturated carbocycles. The molecule has 0 aromatic heterocycles. The molecule has 0 bridgehead atoms. The fourth-order valence-corrected chi connectivity index (χ4v) is 5.96. The highest BCUT2D eigenvalue weighted by molar-refractivity contribution is 7.92. The third-order valence-electron chi connectivity index (χ3n) is 6.98. The first kappa shape index (κ1) is 31.6. The molecular weight excluding hydrogens is 577 g/mol. The van der Waals surface area contributed by atoms with Gasteiger partial charge in [0.15, 0.2) is 11.5 Å². The predicted molar refractivity (Wildman–Crippen MR) is 159 cm³/mol. The molecule has 0 aliphatic carbocycles. The number of unbranched alkanes of at least 4 members (excludes halogenated alkanes) is 1. The molecule has 3 aromatic rings. The van der Waals surface area contributed by atoms with Crippen LogP contribution in [0.4, 0.5) is 10.1 Å². The standard InChI is InChI=1S/C31H36FN3O7S/c1-4-5-15-33-31(37)22(2)34(20-23-7-6-8-26(18-23)40-3)30(36)21-35(25-11-9-24(32)10-12-25)43(38,39)27-13-14-28-29(19-27)42-17-16-41-28/h6-14,18-19,22H,4-5,15-17,20-21H2,1-3H3,(H,33,37)/t22-/m1/s1. The third kappa shape index (κ3) is 7.75. The molecule has 2 amide bonds. The number of methoxy groups -OCH3 is 1. The Balaban J connectivity index is 1.70. The topological polar surface area (TPSA) is 114 Å². The molecule has 0 fully saturated rings. The monoisotopic (exact) mass is 613 g/mol. The van der Waals surface area contributed by atoms with Gasteiger partial charge in [-0.3, -0.25) is 13.9 Å². The number of fused-ring (bicyclic) bond motifs is 1. The zero-order chi connectivity index (χ0) is 31.0. The van der Waals surface area contributed by atoms with Crippen molar-refractivity contribution in [2.45, 2.75) is 44.2 Å². The summed E-state index contributed by atoms with van der Waals surface area (Å²) in [6, 6.07) is 15.1. The van der Waals surface area contributed by atoms with Crippen molar-refractivity contribution in [2.24, 2.45) is 0 Å². The van der Waals surface area contributed by atoms with Gasteiger partial charge in [0.05, 0.1) is 17.7 Å². The van der Waals surface area contributed by atoms with Crippen molar-refractivity contribution in [2.75, 3.05) is 37.7 Å². The summed E-state index contributed by atoms with van der Waals surface area (Å²) in [5.41, 5.74) is 0.759. The molecule has 1 aliphatic rings. The Hall–Kier alpha value is -4.32. The van der Waals surface area contributed by atoms with Crippen LogP contribution < -0.4 is 23.8 Å². The van der Waals surface area contributed by atoms with E-state index in [9.17, 15) is 22.4 Å². The summed E-state index contributed by atoms with van der Waals surface area (Å²) in [6.45, 7) is 3.99. The second-order valence-corrected chi connectivity index (χ2v) is 11.8. The zero-order valence-corrected chi connectivity index (χ0v) is 25.2. The predicted octanol–water partition coefficient (Wildman–Crippen LogP) is 4.13. The number of carbonyl (C=O) groups excluding carboxylic acids is 2. The van der Waals surface area contributed by atoms with Gasteiger partial charge in [0, 0.05) is 19.2 Å². The molecule has 1 heterocycles. The Bertz CT molecular complexity index is 1530. The second-order valence-electron chi connectivity index (χ2n) is 9.99. The normalized spacial score (nSPS) is 13.1. The quantitative estimate of drug-likeness (QED) is 0.288. The van der Waals surface area contributed by atoms with Crippen LogP contribution in [-0.4, -0.2) is 64.6 Å². The number of amides is 2. The molecule has 0 unspecified atom stereocenters. The average Bonchev–Trinajstić information content (AvgIpc) is 3.02. The average molecular weight is 614 g/mol. The number of nitrogens with one attached hydrogen (secondary N) is 1. The maximum atomic E-state index is 14.1. The van der Waals surface area contributed by atoms with Crippen molar-refractivity contribution in [1.82, 2.24) is 10.2 Å². The van der Waals surface area contributed by atoms with E-state index < -0.39 is 34.3 Å². The van der Waals surface area contributed by atoms with Crippen LogP contribution in [-0.2, 0) is 26.2 Å². The summed E-state index contributed by atoms with van der Waals surface area (Å²) in [4.78, 5) is 28.3. The largest absolute Gasteiger partial charge is 0.497 e. The Labute approximate surface area is 251 Å². The molecule has 4 rings (SSSR count). The molecular formula is C31H36FN3O7S. The van der Waals surface area contributed by atoms with E-state index in [1.165, 1.54) is 42.3 Å². The van der Waals surface area contributed by atoms with Gasteiger partial charge in [-0.15, -0.1) is 0 Å². The fraction of sp³-hybridized carbons (Fsp3) is 0.355. The van der Waals surface area contributed by atoms with Gasteiger partial charge in [0.1, 0.15) is 37.4 Å². The highest BCUT2D eigenvalue weighted by Gasteiger charge is 2.33. The molecule has 1 aliphatic heterocycles. The fourth-order valence-electron chi connectivity index (χ4n) is 4.53. The van der Waals surface area contributed by atoms with Crippen LogP contribution >= 0.6 is 0 Å². The third-order valence-corrected chi connectivity index (χ3v) is 8.75. The van der Waals surface area contributed by atoms with E-state index in [0.29, 0.717) is 30.2 Å². The Kier molecular flexibility index (Phi) is 10.5. The van der Waals surface area contributed by atoms with E-state index in [0.717, 1.165) is 29.3 Å². The molecule has 10 nitrogen and oxygen atoms in total. The van der Waals surface area contributed by atoms with Crippen LogP contribution in [0.15, 0.2) is 71.6 Å². The minimum absolute atomic E-state index is 0.0136. The summed E-state index contributed by atoms with van der Waals surface area (Å²) < 4.78 is 59.3. The number of ether oxygens (including phenoxy) is 3. The highest BCUT2D eigenvalue weighted by Crippen LogP contribution is 2.34. The van der Waals surface area contributed by atoms with Crippen LogP contribution in [0.25, 0.3) is 0 Å². The number of benzene rings is 3. The van der Waals surface area contributed by atoms with E-state index in [1.807, 2.05) is 6.92 Å². The Morgan fingerprint density at radius 3 is 2.44 bits per heavy atom. The van der Waals surface area contributed by atoms with Gasteiger partial charge < -0.3 is 24.4 Å². The number of anilines is 1. The molecule has 43 heavy (non-hydrogen) atoms. The van der Waals surface area contributed by atoms with Gasteiger partial charge in [-0.1, -0.05) is 25.5 Å². The lowest BCUT2D eigenvalue weighted by molar-refractivity contribution is -0.139. The van der Waals surface area contributed by atoms with Crippen molar-refractivity contribution >= 4 is 27.5 Å². The number of halogens is 1. The van der Waals surface area contributed by atoms with Gasteiger partial charge >= 0.3 is 0 Å². The van der Waals surface area contributed by atoms with Gasteiger partial charge in [-0.25, -0.2) is 12.8 Å². The first-order chi connectivity index (χ1) is 20.6. The van der Waals surface area contributed by atoms with Gasteiger partial charge in [0.25, 0.3) is 10.0 Å². The molecule has 1 atom stereocenters. The maximum Gasteiger partial charge on any atom is 0.264 e. The molecule has 1 N–H and O–H groups in total. The summed E-state index contributed by atoms with van der Waals surface area (Å²) in [5, 5.41) is 2.85. The van der Waals surface area contributed by atoms with Crippen molar-refractivity contribution in [1.29, 1.82) is 0 Å². The lowest BCUT2D eigenvalue weighted by Crippen LogP contribution is -2.51. The summed E-state index contributed by atoms with van der Waals surface area (Å²) in [5.74, 6) is -0.335. The van der Waals surface area contributed by atoms with Crippen LogP contribution in [0, 0.1) is 5.82 Å². The lowest BCUT2D eigenvalue weighted by Gasteiger charge is -2.32. The Morgan fingerprint density at radius 2 is 1.74 bits per heavy atom. The van der Waals surface area contributed by atoms with Gasteiger partial charge in [-0.2, -0.15) is 0 Å².